The van der Waals surface area contributed by atoms with Crippen molar-refractivity contribution < 1.29 is 9.59 Å². The average molecular weight is 361 g/mol. The number of halogens is 1. The Balaban J connectivity index is 0.00000312. The molecule has 0 aromatic heterocycles. The van der Waals surface area contributed by atoms with Crippen molar-refractivity contribution in [1.82, 2.24) is 10.2 Å². The topological polar surface area (TPSA) is 49.4 Å². The van der Waals surface area contributed by atoms with E-state index in [1.807, 2.05) is 39.1 Å². The minimum absolute atomic E-state index is 0. The van der Waals surface area contributed by atoms with E-state index < -0.39 is 0 Å². The van der Waals surface area contributed by atoms with E-state index in [0.717, 1.165) is 11.1 Å². The van der Waals surface area contributed by atoms with Crippen LogP contribution >= 0.6 is 12.4 Å². The second kappa shape index (κ2) is 9.35. The molecule has 0 unspecified atom stereocenters. The third-order valence-corrected chi connectivity index (χ3v) is 4.08. The summed E-state index contributed by atoms with van der Waals surface area (Å²) in [6.07, 6.45) is 0. The molecule has 2 rings (SSSR count). The summed E-state index contributed by atoms with van der Waals surface area (Å²) in [5.41, 5.74) is 3.48. The molecule has 2 aromatic rings. The van der Waals surface area contributed by atoms with Crippen molar-refractivity contribution >= 4 is 24.1 Å². The lowest BCUT2D eigenvalue weighted by atomic mass is 9.94. The molecule has 134 valence electrons. The van der Waals surface area contributed by atoms with Gasteiger partial charge >= 0.3 is 0 Å². The fraction of sp³-hybridized carbons (Fsp3) is 0.300. The zero-order valence-electron chi connectivity index (χ0n) is 15.1. The normalized spacial score (nSPS) is 10.1. The molecule has 0 spiro atoms. The number of ketones is 1. The van der Waals surface area contributed by atoms with Gasteiger partial charge in [-0.3, -0.25) is 9.59 Å². The first kappa shape index (κ1) is 20.9. The third kappa shape index (κ3) is 4.91. The molecule has 0 saturated heterocycles. The van der Waals surface area contributed by atoms with E-state index in [2.05, 4.69) is 5.32 Å². The highest BCUT2D eigenvalue weighted by Crippen LogP contribution is 2.19. The van der Waals surface area contributed by atoms with Crippen LogP contribution in [0, 0.1) is 13.8 Å². The lowest BCUT2D eigenvalue weighted by Gasteiger charge is -2.19. The first-order valence-corrected chi connectivity index (χ1v) is 8.06. The Morgan fingerprint density at radius 2 is 1.64 bits per heavy atom. The molecule has 0 fully saturated rings. The number of hydrogen-bond acceptors (Lipinski definition) is 3. The van der Waals surface area contributed by atoms with E-state index in [1.165, 1.54) is 0 Å². The molecule has 0 heterocycles. The van der Waals surface area contributed by atoms with E-state index in [-0.39, 0.29) is 24.1 Å². The molecule has 1 N–H and O–H groups in total. The van der Waals surface area contributed by atoms with E-state index >= 15 is 0 Å². The summed E-state index contributed by atoms with van der Waals surface area (Å²) in [5.74, 6) is -0.248. The summed E-state index contributed by atoms with van der Waals surface area (Å²) in [5, 5.41) is 3.02. The van der Waals surface area contributed by atoms with Crippen LogP contribution < -0.4 is 5.32 Å². The lowest BCUT2D eigenvalue weighted by molar-refractivity contribution is 0.0792. The number of rotatable bonds is 6. The van der Waals surface area contributed by atoms with Crippen LogP contribution in [0.2, 0.25) is 0 Å². The molecule has 4 nitrogen and oxygen atoms in total. The van der Waals surface area contributed by atoms with E-state index in [1.54, 1.807) is 36.2 Å². The monoisotopic (exact) mass is 360 g/mol. The highest BCUT2D eigenvalue weighted by atomic mass is 35.5. The largest absolute Gasteiger partial charge is 0.340 e. The quantitative estimate of drug-likeness (QED) is 0.804. The standard InChI is InChI=1S/C20H24N2O2.ClH/c1-14-9-10-15(2)18(13-14)19(23)16-7-5-6-8-17(16)20(24)22(4)12-11-21-3;/h5-10,13,21H,11-12H2,1-4H3;1H. The number of benzene rings is 2. The highest BCUT2D eigenvalue weighted by Gasteiger charge is 2.21. The van der Waals surface area contributed by atoms with Gasteiger partial charge in [0.1, 0.15) is 0 Å². The molecule has 1 amide bonds. The SMILES string of the molecule is CNCCN(C)C(=O)c1ccccc1C(=O)c1cc(C)ccc1C.Cl. The van der Waals surface area contributed by atoms with Gasteiger partial charge in [-0.2, -0.15) is 0 Å². The molecule has 25 heavy (non-hydrogen) atoms. The average Bonchev–Trinajstić information content (AvgIpc) is 2.60. The number of carbonyl (C=O) groups is 2. The maximum atomic E-state index is 13.0. The number of hydrogen-bond donors (Lipinski definition) is 1. The molecule has 0 radical (unpaired) electrons. The van der Waals surface area contributed by atoms with Crippen LogP contribution in [-0.2, 0) is 0 Å². The summed E-state index contributed by atoms with van der Waals surface area (Å²) in [4.78, 5) is 27.3. The van der Waals surface area contributed by atoms with Crippen LogP contribution in [0.5, 0.6) is 0 Å². The number of likely N-dealkylation sites (N-methyl/N-ethyl adjacent to an activating group) is 2. The fourth-order valence-corrected chi connectivity index (χ4v) is 2.58. The number of nitrogens with zero attached hydrogens (tertiary/aromatic N) is 1. The van der Waals surface area contributed by atoms with E-state index in [9.17, 15) is 9.59 Å². The van der Waals surface area contributed by atoms with Crippen LogP contribution in [0.1, 0.15) is 37.4 Å². The van der Waals surface area contributed by atoms with E-state index in [4.69, 9.17) is 0 Å². The van der Waals surface area contributed by atoms with Gasteiger partial charge in [0.05, 0.1) is 5.56 Å². The predicted octanol–water partition coefficient (Wildman–Crippen LogP) is 3.25. The minimum atomic E-state index is -0.139. The van der Waals surface area contributed by atoms with Crippen LogP contribution in [0.4, 0.5) is 0 Å². The van der Waals surface area contributed by atoms with Gasteiger partial charge < -0.3 is 10.2 Å². The summed E-state index contributed by atoms with van der Waals surface area (Å²) >= 11 is 0. The number of nitrogens with one attached hydrogen (secondary N) is 1. The highest BCUT2D eigenvalue weighted by molar-refractivity contribution is 6.15. The predicted molar refractivity (Wildman–Crippen MR) is 104 cm³/mol. The molecule has 0 aliphatic carbocycles. The zero-order chi connectivity index (χ0) is 17.7. The first-order valence-electron chi connectivity index (χ1n) is 8.06. The van der Waals surface area contributed by atoms with Gasteiger partial charge in [0.25, 0.3) is 5.91 Å². The van der Waals surface area contributed by atoms with Crippen LogP contribution in [0.15, 0.2) is 42.5 Å². The van der Waals surface area contributed by atoms with Gasteiger partial charge in [-0.05, 0) is 38.6 Å². The number of carbonyl (C=O) groups excluding carboxylic acids is 2. The molecule has 5 heteroatoms. The van der Waals surface area contributed by atoms with E-state index in [0.29, 0.717) is 29.8 Å². The molecule has 2 aromatic carbocycles. The van der Waals surface area contributed by atoms with Gasteiger partial charge in [0.15, 0.2) is 5.78 Å². The molecule has 0 saturated carbocycles. The summed E-state index contributed by atoms with van der Waals surface area (Å²) in [6, 6.07) is 12.8. The fourth-order valence-electron chi connectivity index (χ4n) is 2.58. The van der Waals surface area contributed by atoms with Crippen LogP contribution in [-0.4, -0.2) is 43.8 Å². The second-order valence-electron chi connectivity index (χ2n) is 6.02. The Kier molecular flexibility index (Phi) is 7.81. The Bertz CT molecular complexity index is 759. The van der Waals surface area contributed by atoms with Crippen molar-refractivity contribution in [3.63, 3.8) is 0 Å². The molecule has 0 atom stereocenters. The van der Waals surface area contributed by atoms with Gasteiger partial charge in [-0.15, -0.1) is 12.4 Å². The minimum Gasteiger partial charge on any atom is -0.340 e. The third-order valence-electron chi connectivity index (χ3n) is 4.08. The molecule has 0 aliphatic rings. The number of amides is 1. The van der Waals surface area contributed by atoms with Crippen molar-refractivity contribution in [2.45, 2.75) is 13.8 Å². The maximum absolute atomic E-state index is 13.0. The van der Waals surface area contributed by atoms with Crippen molar-refractivity contribution in [2.24, 2.45) is 0 Å². The first-order chi connectivity index (χ1) is 11.5. The van der Waals surface area contributed by atoms with Crippen LogP contribution in [0.3, 0.4) is 0 Å². The van der Waals surface area contributed by atoms with Crippen molar-refractivity contribution in [3.05, 3.63) is 70.3 Å². The maximum Gasteiger partial charge on any atom is 0.254 e. The lowest BCUT2D eigenvalue weighted by Crippen LogP contribution is -2.33. The molecule has 0 aliphatic heterocycles. The molecular formula is C20H25ClN2O2. The molecule has 0 bridgehead atoms. The van der Waals surface area contributed by atoms with Gasteiger partial charge in [0.2, 0.25) is 0 Å². The van der Waals surface area contributed by atoms with Gasteiger partial charge in [-0.1, -0.05) is 35.9 Å². The Labute approximate surface area is 155 Å². The summed E-state index contributed by atoms with van der Waals surface area (Å²) in [7, 11) is 3.59. The smallest absolute Gasteiger partial charge is 0.254 e. The summed E-state index contributed by atoms with van der Waals surface area (Å²) in [6.45, 7) is 5.16. The van der Waals surface area contributed by atoms with Crippen LogP contribution in [0.25, 0.3) is 0 Å². The van der Waals surface area contributed by atoms with Gasteiger partial charge in [0, 0.05) is 31.3 Å². The van der Waals surface area contributed by atoms with Crippen molar-refractivity contribution in [3.8, 4) is 0 Å². The Hall–Kier alpha value is -2.17. The number of aryl methyl sites for hydroxylation is 2. The van der Waals surface area contributed by atoms with Gasteiger partial charge in [-0.25, -0.2) is 0 Å². The summed E-state index contributed by atoms with van der Waals surface area (Å²) < 4.78 is 0. The zero-order valence-corrected chi connectivity index (χ0v) is 15.9. The second-order valence-corrected chi connectivity index (χ2v) is 6.02. The Morgan fingerprint density at radius 3 is 2.28 bits per heavy atom. The van der Waals surface area contributed by atoms with Crippen molar-refractivity contribution in [2.75, 3.05) is 27.2 Å². The Morgan fingerprint density at radius 1 is 1.00 bits per heavy atom. The van der Waals surface area contributed by atoms with Crippen molar-refractivity contribution in [1.29, 1.82) is 0 Å². The molecular weight excluding hydrogens is 336 g/mol.